The minimum atomic E-state index is -0.213. The lowest BCUT2D eigenvalue weighted by atomic mass is 9.93. The Bertz CT molecular complexity index is 731. The molecule has 140 valence electrons. The number of halogens is 1. The number of hydrogen-bond acceptors (Lipinski definition) is 1. The number of benzene rings is 1. The number of nitrogens with zero attached hydrogens (tertiary/aromatic N) is 2. The number of hydrogen-bond donors (Lipinski definition) is 0. The minimum absolute atomic E-state index is 0.00329. The van der Waals surface area contributed by atoms with Gasteiger partial charge in [0.25, 0.3) is 0 Å². The average Bonchev–Trinajstić information content (AvgIpc) is 3.06. The third kappa shape index (κ3) is 4.54. The summed E-state index contributed by atoms with van der Waals surface area (Å²) in [6.45, 7) is 5.20. The van der Waals surface area contributed by atoms with Crippen molar-refractivity contribution in [3.05, 3.63) is 59.7 Å². The van der Waals surface area contributed by atoms with E-state index in [2.05, 4.69) is 15.5 Å². The van der Waals surface area contributed by atoms with Crippen molar-refractivity contribution in [2.24, 2.45) is 5.92 Å². The standard InChI is InChI=1S/C22H29FN2O/c1-17(2)22(26)25(20-10-4-3-5-11-20)16-21-12-7-13-24(21)15-18-8-6-9-19(23)14-18/h6-9,12-14,17,20H,3-5,10-11,15-16H2,1-2H3. The van der Waals surface area contributed by atoms with Gasteiger partial charge in [-0.3, -0.25) is 4.79 Å². The molecule has 1 heterocycles. The number of aromatic nitrogens is 1. The first-order chi connectivity index (χ1) is 12.5. The van der Waals surface area contributed by atoms with Crippen LogP contribution < -0.4 is 0 Å². The Morgan fingerprint density at radius 2 is 1.96 bits per heavy atom. The van der Waals surface area contributed by atoms with Crippen LogP contribution in [0.15, 0.2) is 42.6 Å². The summed E-state index contributed by atoms with van der Waals surface area (Å²) in [4.78, 5) is 14.9. The first-order valence-corrected chi connectivity index (χ1v) is 9.73. The number of carbonyl (C=O) groups is 1. The third-order valence-corrected chi connectivity index (χ3v) is 5.29. The summed E-state index contributed by atoms with van der Waals surface area (Å²) >= 11 is 0. The molecule has 1 saturated carbocycles. The maximum atomic E-state index is 13.5. The zero-order valence-corrected chi connectivity index (χ0v) is 15.8. The topological polar surface area (TPSA) is 25.2 Å². The Balaban J connectivity index is 1.78. The smallest absolute Gasteiger partial charge is 0.225 e. The third-order valence-electron chi connectivity index (χ3n) is 5.29. The molecule has 1 aromatic heterocycles. The summed E-state index contributed by atoms with van der Waals surface area (Å²) in [5, 5.41) is 0. The fraction of sp³-hybridized carbons (Fsp3) is 0.500. The largest absolute Gasteiger partial charge is 0.345 e. The van der Waals surface area contributed by atoms with Crippen molar-refractivity contribution in [3.8, 4) is 0 Å². The van der Waals surface area contributed by atoms with E-state index in [1.54, 1.807) is 12.1 Å². The van der Waals surface area contributed by atoms with Crippen LogP contribution in [0, 0.1) is 11.7 Å². The molecule has 2 aromatic rings. The van der Waals surface area contributed by atoms with Crippen LogP contribution in [0.25, 0.3) is 0 Å². The lowest BCUT2D eigenvalue weighted by Crippen LogP contribution is -2.43. The van der Waals surface area contributed by atoms with Crippen molar-refractivity contribution < 1.29 is 9.18 Å². The van der Waals surface area contributed by atoms with Gasteiger partial charge in [-0.2, -0.15) is 0 Å². The van der Waals surface area contributed by atoms with E-state index in [0.717, 1.165) is 24.1 Å². The molecule has 3 nitrogen and oxygen atoms in total. The van der Waals surface area contributed by atoms with Gasteiger partial charge in [-0.1, -0.05) is 45.2 Å². The summed E-state index contributed by atoms with van der Waals surface area (Å²) in [6, 6.07) is 11.1. The quantitative estimate of drug-likeness (QED) is 0.715. The Morgan fingerprint density at radius 3 is 2.65 bits per heavy atom. The molecule has 1 aliphatic carbocycles. The van der Waals surface area contributed by atoms with E-state index in [1.165, 1.54) is 25.3 Å². The van der Waals surface area contributed by atoms with E-state index in [1.807, 2.05) is 32.2 Å². The molecule has 1 amide bonds. The van der Waals surface area contributed by atoms with Gasteiger partial charge in [0.05, 0.1) is 6.54 Å². The first-order valence-electron chi connectivity index (χ1n) is 9.73. The predicted molar refractivity (Wildman–Crippen MR) is 102 cm³/mol. The Morgan fingerprint density at radius 1 is 1.19 bits per heavy atom. The fourth-order valence-electron chi connectivity index (χ4n) is 3.87. The van der Waals surface area contributed by atoms with Crippen LogP contribution in [0.2, 0.25) is 0 Å². The highest BCUT2D eigenvalue weighted by Gasteiger charge is 2.27. The average molecular weight is 356 g/mol. The van der Waals surface area contributed by atoms with Crippen molar-refractivity contribution >= 4 is 5.91 Å². The van der Waals surface area contributed by atoms with Gasteiger partial charge < -0.3 is 9.47 Å². The second-order valence-electron chi connectivity index (χ2n) is 7.67. The van der Waals surface area contributed by atoms with Crippen molar-refractivity contribution in [1.29, 1.82) is 0 Å². The van der Waals surface area contributed by atoms with Crippen LogP contribution in [-0.2, 0) is 17.9 Å². The van der Waals surface area contributed by atoms with Gasteiger partial charge in [0.1, 0.15) is 5.82 Å². The lowest BCUT2D eigenvalue weighted by Gasteiger charge is -2.36. The maximum Gasteiger partial charge on any atom is 0.225 e. The highest BCUT2D eigenvalue weighted by molar-refractivity contribution is 5.78. The monoisotopic (exact) mass is 356 g/mol. The molecule has 26 heavy (non-hydrogen) atoms. The van der Waals surface area contributed by atoms with Gasteiger partial charge in [-0.15, -0.1) is 0 Å². The molecule has 3 rings (SSSR count). The van der Waals surface area contributed by atoms with Crippen LogP contribution >= 0.6 is 0 Å². The van der Waals surface area contributed by atoms with E-state index in [-0.39, 0.29) is 17.6 Å². The Hall–Kier alpha value is -2.10. The molecule has 1 aromatic carbocycles. The number of amides is 1. The Kier molecular flexibility index (Phi) is 6.12. The van der Waals surface area contributed by atoms with E-state index in [9.17, 15) is 9.18 Å². The van der Waals surface area contributed by atoms with Crippen molar-refractivity contribution in [1.82, 2.24) is 9.47 Å². The zero-order valence-electron chi connectivity index (χ0n) is 15.8. The molecule has 1 aliphatic rings. The summed E-state index contributed by atoms with van der Waals surface area (Å²) in [6.07, 6.45) is 7.90. The molecule has 0 N–H and O–H groups in total. The number of rotatable bonds is 6. The van der Waals surface area contributed by atoms with Crippen LogP contribution in [0.5, 0.6) is 0 Å². The van der Waals surface area contributed by atoms with E-state index in [4.69, 9.17) is 0 Å². The molecular formula is C22H29FN2O. The van der Waals surface area contributed by atoms with E-state index >= 15 is 0 Å². The molecule has 4 heteroatoms. The lowest BCUT2D eigenvalue weighted by molar-refractivity contribution is -0.138. The van der Waals surface area contributed by atoms with Crippen molar-refractivity contribution in [2.75, 3.05) is 0 Å². The molecule has 1 fully saturated rings. The van der Waals surface area contributed by atoms with Crippen molar-refractivity contribution in [2.45, 2.75) is 65.1 Å². The molecule has 0 aliphatic heterocycles. The maximum absolute atomic E-state index is 13.5. The summed E-state index contributed by atoms with van der Waals surface area (Å²) in [7, 11) is 0. The molecule has 0 atom stereocenters. The van der Waals surface area contributed by atoms with Gasteiger partial charge in [0.15, 0.2) is 0 Å². The van der Waals surface area contributed by atoms with Gasteiger partial charge in [0, 0.05) is 30.4 Å². The van der Waals surface area contributed by atoms with Crippen molar-refractivity contribution in [3.63, 3.8) is 0 Å². The molecule has 0 unspecified atom stereocenters. The molecule has 0 spiro atoms. The van der Waals surface area contributed by atoms with Gasteiger partial charge in [-0.05, 0) is 42.7 Å². The zero-order chi connectivity index (χ0) is 18.5. The minimum Gasteiger partial charge on any atom is -0.345 e. The number of carbonyl (C=O) groups excluding carboxylic acids is 1. The highest BCUT2D eigenvalue weighted by Crippen LogP contribution is 2.26. The SMILES string of the molecule is CC(C)C(=O)N(Cc1cccn1Cc1cccc(F)c1)C1CCCCC1. The van der Waals surface area contributed by atoms with Crippen LogP contribution in [0.3, 0.4) is 0 Å². The highest BCUT2D eigenvalue weighted by atomic mass is 19.1. The summed E-state index contributed by atoms with van der Waals surface area (Å²) in [5.41, 5.74) is 2.04. The molecule has 0 bridgehead atoms. The normalized spacial score (nSPS) is 15.4. The fourth-order valence-corrected chi connectivity index (χ4v) is 3.87. The van der Waals surface area contributed by atoms with Gasteiger partial charge in [0.2, 0.25) is 5.91 Å². The first kappa shape index (κ1) is 18.7. The molecule has 0 radical (unpaired) electrons. The Labute approximate surface area is 155 Å². The van der Waals surface area contributed by atoms with Crippen LogP contribution in [0.1, 0.15) is 57.2 Å². The second kappa shape index (κ2) is 8.52. The second-order valence-corrected chi connectivity index (χ2v) is 7.67. The summed E-state index contributed by atoms with van der Waals surface area (Å²) in [5.74, 6) is 0.0222. The van der Waals surface area contributed by atoms with Gasteiger partial charge >= 0.3 is 0 Å². The molecular weight excluding hydrogens is 327 g/mol. The summed E-state index contributed by atoms with van der Waals surface area (Å²) < 4.78 is 15.6. The van der Waals surface area contributed by atoms with E-state index < -0.39 is 0 Å². The van der Waals surface area contributed by atoms with E-state index in [0.29, 0.717) is 19.1 Å². The predicted octanol–water partition coefficient (Wildman–Crippen LogP) is 4.99. The molecule has 0 saturated heterocycles. The van der Waals surface area contributed by atoms with Crippen LogP contribution in [0.4, 0.5) is 4.39 Å². The van der Waals surface area contributed by atoms with Gasteiger partial charge in [-0.25, -0.2) is 4.39 Å². The van der Waals surface area contributed by atoms with Crippen LogP contribution in [-0.4, -0.2) is 21.4 Å².